The molecule has 1 heterocycles. The van der Waals surface area contributed by atoms with E-state index in [1.54, 1.807) is 36.4 Å². The Hall–Kier alpha value is -3.34. The molecule has 0 aliphatic rings. The van der Waals surface area contributed by atoms with Crippen LogP contribution in [0.5, 0.6) is 17.2 Å². The van der Waals surface area contributed by atoms with Gasteiger partial charge >= 0.3 is 0 Å². The summed E-state index contributed by atoms with van der Waals surface area (Å²) in [6.07, 6.45) is 0. The van der Waals surface area contributed by atoms with Crippen LogP contribution >= 0.6 is 0 Å². The molecular formula is C18H13NO4. The number of phenols is 3. The highest BCUT2D eigenvalue weighted by atomic mass is 16.3. The van der Waals surface area contributed by atoms with Gasteiger partial charge in [0.2, 0.25) is 5.78 Å². The number of nitrogens with zero attached hydrogens (tertiary/aromatic N) is 1. The molecule has 23 heavy (non-hydrogen) atoms. The summed E-state index contributed by atoms with van der Waals surface area (Å²) < 4.78 is 0. The molecule has 5 nitrogen and oxygen atoms in total. The lowest BCUT2D eigenvalue weighted by Gasteiger charge is -2.07. The zero-order chi connectivity index (χ0) is 16.4. The molecule has 0 saturated carbocycles. The highest BCUT2D eigenvalue weighted by Gasteiger charge is 2.17. The van der Waals surface area contributed by atoms with Gasteiger partial charge in [-0.3, -0.25) is 4.79 Å². The van der Waals surface area contributed by atoms with Gasteiger partial charge in [-0.15, -0.1) is 0 Å². The van der Waals surface area contributed by atoms with Crippen LogP contribution in [-0.4, -0.2) is 26.1 Å². The Balaban J connectivity index is 2.03. The fourth-order valence-electron chi connectivity index (χ4n) is 2.24. The zero-order valence-corrected chi connectivity index (χ0v) is 12.0. The molecule has 3 rings (SSSR count). The smallest absolute Gasteiger partial charge is 0.215 e. The summed E-state index contributed by atoms with van der Waals surface area (Å²) >= 11 is 0. The van der Waals surface area contributed by atoms with Gasteiger partial charge in [0.05, 0.1) is 11.3 Å². The summed E-state index contributed by atoms with van der Waals surface area (Å²) in [5, 5.41) is 28.9. The highest BCUT2D eigenvalue weighted by Crippen LogP contribution is 2.30. The second-order valence-corrected chi connectivity index (χ2v) is 4.96. The van der Waals surface area contributed by atoms with E-state index in [4.69, 9.17) is 0 Å². The van der Waals surface area contributed by atoms with Gasteiger partial charge in [-0.1, -0.05) is 24.3 Å². The van der Waals surface area contributed by atoms with Gasteiger partial charge in [-0.05, 0) is 36.4 Å². The second kappa shape index (κ2) is 5.81. The minimum Gasteiger partial charge on any atom is -0.508 e. The third kappa shape index (κ3) is 2.85. The normalized spacial score (nSPS) is 10.4. The van der Waals surface area contributed by atoms with Crippen LogP contribution in [-0.2, 0) is 0 Å². The van der Waals surface area contributed by atoms with Gasteiger partial charge in [0.15, 0.2) is 11.5 Å². The molecule has 0 amide bonds. The van der Waals surface area contributed by atoms with E-state index in [1.165, 1.54) is 24.3 Å². The van der Waals surface area contributed by atoms with Crippen LogP contribution in [0.25, 0.3) is 11.3 Å². The van der Waals surface area contributed by atoms with Crippen molar-refractivity contribution in [2.45, 2.75) is 0 Å². The Labute approximate surface area is 132 Å². The number of carbonyl (C=O) groups excluding carboxylic acids is 1. The molecule has 0 radical (unpaired) electrons. The van der Waals surface area contributed by atoms with E-state index in [9.17, 15) is 20.1 Å². The van der Waals surface area contributed by atoms with Crippen molar-refractivity contribution in [3.8, 4) is 28.5 Å². The third-order valence-corrected chi connectivity index (χ3v) is 3.38. The highest BCUT2D eigenvalue weighted by molar-refractivity contribution is 6.10. The number of para-hydroxylation sites is 1. The minimum atomic E-state index is -0.500. The summed E-state index contributed by atoms with van der Waals surface area (Å²) in [6, 6.07) is 15.6. The van der Waals surface area contributed by atoms with Crippen molar-refractivity contribution in [2.24, 2.45) is 0 Å². The molecule has 0 fully saturated rings. The number of aromatic nitrogens is 1. The van der Waals surface area contributed by atoms with Crippen molar-refractivity contribution in [2.75, 3.05) is 0 Å². The largest absolute Gasteiger partial charge is 0.508 e. The minimum absolute atomic E-state index is 0.0226. The fraction of sp³-hybridized carbons (Fsp3) is 0. The van der Waals surface area contributed by atoms with E-state index in [-0.39, 0.29) is 22.8 Å². The Kier molecular flexibility index (Phi) is 3.68. The first-order valence-electron chi connectivity index (χ1n) is 6.88. The van der Waals surface area contributed by atoms with E-state index >= 15 is 0 Å². The Bertz CT molecular complexity index is 890. The van der Waals surface area contributed by atoms with Gasteiger partial charge in [-0.2, -0.15) is 0 Å². The van der Waals surface area contributed by atoms with Crippen molar-refractivity contribution in [1.82, 2.24) is 4.98 Å². The van der Waals surface area contributed by atoms with Gasteiger partial charge < -0.3 is 15.3 Å². The molecule has 0 bridgehead atoms. The number of hydrogen-bond donors (Lipinski definition) is 3. The fourth-order valence-corrected chi connectivity index (χ4v) is 2.24. The molecule has 0 aliphatic carbocycles. The third-order valence-electron chi connectivity index (χ3n) is 3.38. The predicted molar refractivity (Wildman–Crippen MR) is 84.5 cm³/mol. The Morgan fingerprint density at radius 2 is 1.61 bits per heavy atom. The van der Waals surface area contributed by atoms with Crippen molar-refractivity contribution in [3.05, 3.63) is 71.9 Å². The van der Waals surface area contributed by atoms with E-state index in [0.717, 1.165) is 0 Å². The number of benzene rings is 2. The number of aromatic hydroxyl groups is 3. The van der Waals surface area contributed by atoms with E-state index in [0.29, 0.717) is 11.3 Å². The maximum absolute atomic E-state index is 12.5. The van der Waals surface area contributed by atoms with Crippen molar-refractivity contribution in [3.63, 3.8) is 0 Å². The van der Waals surface area contributed by atoms with Crippen molar-refractivity contribution < 1.29 is 20.1 Å². The van der Waals surface area contributed by atoms with Crippen molar-refractivity contribution >= 4 is 5.78 Å². The molecule has 1 aromatic heterocycles. The average Bonchev–Trinajstić information content (AvgIpc) is 2.57. The van der Waals surface area contributed by atoms with Crippen LogP contribution in [0.3, 0.4) is 0 Å². The first-order valence-corrected chi connectivity index (χ1v) is 6.88. The van der Waals surface area contributed by atoms with Crippen LogP contribution in [0.1, 0.15) is 16.1 Å². The number of carbonyl (C=O) groups is 1. The summed E-state index contributed by atoms with van der Waals surface area (Å²) in [6.45, 7) is 0. The molecule has 0 atom stereocenters. The number of ketones is 1. The van der Waals surface area contributed by atoms with E-state index in [2.05, 4.69) is 4.98 Å². The van der Waals surface area contributed by atoms with Crippen molar-refractivity contribution in [1.29, 1.82) is 0 Å². The predicted octanol–water partition coefficient (Wildman–Crippen LogP) is 3.10. The van der Waals surface area contributed by atoms with Gasteiger partial charge in [0.1, 0.15) is 11.4 Å². The lowest BCUT2D eigenvalue weighted by molar-refractivity contribution is 0.103. The summed E-state index contributed by atoms with van der Waals surface area (Å²) in [4.78, 5) is 16.8. The summed E-state index contributed by atoms with van der Waals surface area (Å²) in [7, 11) is 0. The van der Waals surface area contributed by atoms with Gasteiger partial charge in [0.25, 0.3) is 0 Å². The van der Waals surface area contributed by atoms with E-state index in [1.807, 2.05) is 0 Å². The monoisotopic (exact) mass is 307 g/mol. The molecule has 5 heteroatoms. The summed E-state index contributed by atoms with van der Waals surface area (Å²) in [5.74, 6) is -1.23. The molecule has 114 valence electrons. The maximum Gasteiger partial charge on any atom is 0.215 e. The lowest BCUT2D eigenvalue weighted by Crippen LogP contribution is -2.05. The average molecular weight is 307 g/mol. The van der Waals surface area contributed by atoms with Crippen LogP contribution in [0.4, 0.5) is 0 Å². The molecule has 0 unspecified atom stereocenters. The SMILES string of the molecule is O=C(c1cccc(-c2cccc(O)c2)n1)c1cccc(O)c1O. The quantitative estimate of drug-likeness (QED) is 0.511. The molecular weight excluding hydrogens is 294 g/mol. The zero-order valence-electron chi connectivity index (χ0n) is 12.0. The number of pyridine rings is 1. The number of phenolic OH excluding ortho intramolecular Hbond substituents is 3. The molecule has 3 N–H and O–H groups in total. The first-order chi connectivity index (χ1) is 11.1. The molecule has 0 spiro atoms. The molecule has 3 aromatic rings. The van der Waals surface area contributed by atoms with Crippen LogP contribution in [0.15, 0.2) is 60.7 Å². The topological polar surface area (TPSA) is 90.7 Å². The molecule has 0 aliphatic heterocycles. The standard InChI is InChI=1S/C18H13NO4/c20-12-5-1-4-11(10-12)14-7-3-8-15(19-14)17(22)13-6-2-9-16(21)18(13)23/h1-10,20-21,23H. The van der Waals surface area contributed by atoms with Crippen LogP contribution in [0, 0.1) is 0 Å². The second-order valence-electron chi connectivity index (χ2n) is 4.96. The van der Waals surface area contributed by atoms with E-state index < -0.39 is 11.5 Å². The lowest BCUT2D eigenvalue weighted by atomic mass is 10.0. The summed E-state index contributed by atoms with van der Waals surface area (Å²) in [5.41, 5.74) is 1.29. The maximum atomic E-state index is 12.5. The number of hydrogen-bond acceptors (Lipinski definition) is 5. The number of rotatable bonds is 3. The van der Waals surface area contributed by atoms with Crippen LogP contribution in [0.2, 0.25) is 0 Å². The van der Waals surface area contributed by atoms with Gasteiger partial charge in [0, 0.05) is 5.56 Å². The molecule has 2 aromatic carbocycles. The van der Waals surface area contributed by atoms with Gasteiger partial charge in [-0.25, -0.2) is 4.98 Å². The van der Waals surface area contributed by atoms with Crippen LogP contribution < -0.4 is 0 Å². The molecule has 0 saturated heterocycles. The first kappa shape index (κ1) is 14.6. The Morgan fingerprint density at radius 3 is 2.39 bits per heavy atom. The Morgan fingerprint density at radius 1 is 0.870 bits per heavy atom.